The van der Waals surface area contributed by atoms with Crippen LogP contribution in [0.2, 0.25) is 0 Å². The van der Waals surface area contributed by atoms with Gasteiger partial charge in [0.2, 0.25) is 11.2 Å². The molecule has 0 atom stereocenters. The van der Waals surface area contributed by atoms with Crippen molar-refractivity contribution < 1.29 is 13.1 Å². The number of nitrogens with zero attached hydrogens (tertiary/aromatic N) is 4. The Morgan fingerprint density at radius 1 is 1.40 bits per heavy atom. The standard InChI is InChI=1S/C15H11N4O/c1-18-12-11-3-2-5-17-13(11)20-15(12)19-8-9-7-16-6-4-10(9)14(18)19/h2-7H,8H2,1H3/q+1/i1D3. The first-order valence-electron chi connectivity index (χ1n) is 7.81. The van der Waals surface area contributed by atoms with Gasteiger partial charge in [-0.3, -0.25) is 4.98 Å². The summed E-state index contributed by atoms with van der Waals surface area (Å²) in [6.07, 6.45) is 5.07. The van der Waals surface area contributed by atoms with E-state index in [0.717, 1.165) is 11.1 Å². The van der Waals surface area contributed by atoms with Crippen LogP contribution in [0.25, 0.3) is 33.7 Å². The van der Waals surface area contributed by atoms with Crippen molar-refractivity contribution in [2.75, 3.05) is 0 Å². The third kappa shape index (κ3) is 1.02. The van der Waals surface area contributed by atoms with E-state index in [0.29, 0.717) is 34.7 Å². The summed E-state index contributed by atoms with van der Waals surface area (Å²) in [4.78, 5) is 8.33. The van der Waals surface area contributed by atoms with Crippen LogP contribution in [0.5, 0.6) is 0 Å². The molecule has 1 aliphatic rings. The van der Waals surface area contributed by atoms with E-state index in [1.54, 1.807) is 24.7 Å². The largest absolute Gasteiger partial charge is 0.400 e. The van der Waals surface area contributed by atoms with E-state index in [1.165, 1.54) is 4.57 Å². The normalized spacial score (nSPS) is 15.9. The predicted octanol–water partition coefficient (Wildman–Crippen LogP) is 2.03. The van der Waals surface area contributed by atoms with Gasteiger partial charge in [0.1, 0.15) is 6.54 Å². The minimum atomic E-state index is -2.32. The third-order valence-electron chi connectivity index (χ3n) is 3.83. The van der Waals surface area contributed by atoms with Crippen LogP contribution in [-0.2, 0) is 13.5 Å². The van der Waals surface area contributed by atoms with Gasteiger partial charge < -0.3 is 4.42 Å². The highest BCUT2D eigenvalue weighted by Crippen LogP contribution is 2.34. The Hall–Kier alpha value is -2.69. The number of imidazole rings is 1. The first-order chi connectivity index (χ1) is 11.1. The second kappa shape index (κ2) is 3.25. The van der Waals surface area contributed by atoms with Crippen LogP contribution in [0.3, 0.4) is 0 Å². The van der Waals surface area contributed by atoms with Crippen molar-refractivity contribution in [3.8, 4) is 11.4 Å². The topological polar surface area (TPSA) is 47.7 Å². The zero-order valence-electron chi connectivity index (χ0n) is 13.4. The van der Waals surface area contributed by atoms with Crippen molar-refractivity contribution >= 4 is 22.3 Å². The van der Waals surface area contributed by atoms with E-state index in [2.05, 4.69) is 9.97 Å². The van der Waals surface area contributed by atoms with Crippen LogP contribution in [0, 0.1) is 0 Å². The summed E-state index contributed by atoms with van der Waals surface area (Å²) in [6.45, 7) is -1.78. The van der Waals surface area contributed by atoms with Gasteiger partial charge in [-0.25, -0.2) is 9.55 Å². The Bertz CT molecular complexity index is 1090. The fourth-order valence-corrected chi connectivity index (χ4v) is 2.98. The molecule has 0 aliphatic carbocycles. The van der Waals surface area contributed by atoms with E-state index in [-0.39, 0.29) is 0 Å². The Morgan fingerprint density at radius 3 is 3.35 bits per heavy atom. The molecule has 4 aromatic heterocycles. The van der Waals surface area contributed by atoms with Crippen molar-refractivity contribution in [2.24, 2.45) is 6.98 Å². The maximum Gasteiger partial charge on any atom is 0.341 e. The van der Waals surface area contributed by atoms with E-state index in [1.807, 2.05) is 16.7 Å². The quantitative estimate of drug-likeness (QED) is 0.403. The SMILES string of the molecule is [2H]C([2H])([2H])n1c2[n+](c3oc4ncccc4c31)Cc1cnccc1-2. The zero-order chi connectivity index (χ0) is 15.8. The molecule has 0 saturated heterocycles. The van der Waals surface area contributed by atoms with Crippen molar-refractivity contribution in [1.29, 1.82) is 0 Å². The molecule has 1 aliphatic heterocycles. The summed E-state index contributed by atoms with van der Waals surface area (Å²) < 4.78 is 33.1. The van der Waals surface area contributed by atoms with Crippen LogP contribution in [-0.4, -0.2) is 14.5 Å². The number of pyridine rings is 2. The van der Waals surface area contributed by atoms with Crippen LogP contribution >= 0.6 is 0 Å². The van der Waals surface area contributed by atoms with Crippen LogP contribution in [0.4, 0.5) is 0 Å². The van der Waals surface area contributed by atoms with Crippen molar-refractivity contribution in [3.63, 3.8) is 0 Å². The molecule has 5 nitrogen and oxygen atoms in total. The van der Waals surface area contributed by atoms with Gasteiger partial charge in [0, 0.05) is 24.2 Å². The second-order valence-electron chi connectivity index (χ2n) is 4.89. The van der Waals surface area contributed by atoms with Crippen molar-refractivity contribution in [1.82, 2.24) is 14.5 Å². The molecule has 20 heavy (non-hydrogen) atoms. The minimum absolute atomic E-state index is 0.444. The molecule has 0 amide bonds. The summed E-state index contributed by atoms with van der Waals surface area (Å²) in [5, 5.41) is 0.705. The number of hydrogen-bond donors (Lipinski definition) is 0. The number of aryl methyl sites for hydroxylation is 1. The Kier molecular flexibility index (Phi) is 1.27. The Morgan fingerprint density at radius 2 is 2.40 bits per heavy atom. The first-order valence-corrected chi connectivity index (χ1v) is 6.31. The zero-order valence-corrected chi connectivity index (χ0v) is 10.4. The molecular weight excluding hydrogens is 252 g/mol. The molecule has 0 saturated carbocycles. The van der Waals surface area contributed by atoms with Crippen LogP contribution < -0.4 is 4.57 Å². The van der Waals surface area contributed by atoms with E-state index >= 15 is 0 Å². The van der Waals surface area contributed by atoms with Crippen molar-refractivity contribution in [2.45, 2.75) is 6.54 Å². The molecule has 0 bridgehead atoms. The molecule has 5 heterocycles. The lowest BCUT2D eigenvalue weighted by atomic mass is 10.2. The first kappa shape index (κ1) is 7.79. The average Bonchev–Trinajstić information content (AvgIpc) is 3.13. The molecule has 4 aromatic rings. The Balaban J connectivity index is 2.01. The molecule has 0 fully saturated rings. The van der Waals surface area contributed by atoms with E-state index in [9.17, 15) is 0 Å². The van der Waals surface area contributed by atoms with Crippen molar-refractivity contribution in [3.05, 3.63) is 42.4 Å². The van der Waals surface area contributed by atoms with E-state index < -0.39 is 6.98 Å². The second-order valence-corrected chi connectivity index (χ2v) is 4.89. The molecule has 0 aromatic carbocycles. The lowest BCUT2D eigenvalue weighted by molar-refractivity contribution is -0.652. The monoisotopic (exact) mass is 266 g/mol. The van der Waals surface area contributed by atoms with Gasteiger partial charge in [0.05, 0.1) is 22.0 Å². The summed E-state index contributed by atoms with van der Waals surface area (Å²) in [6, 6.07) is 5.46. The highest BCUT2D eigenvalue weighted by atomic mass is 16.4. The van der Waals surface area contributed by atoms with Gasteiger partial charge in [-0.15, -0.1) is 0 Å². The number of rotatable bonds is 0. The number of hydrogen-bond acceptors (Lipinski definition) is 3. The molecule has 5 heteroatoms. The summed E-state index contributed by atoms with van der Waals surface area (Å²) >= 11 is 0. The maximum absolute atomic E-state index is 8.00. The van der Waals surface area contributed by atoms with Gasteiger partial charge in [0.15, 0.2) is 0 Å². The molecule has 0 spiro atoms. The molecule has 5 rings (SSSR count). The summed E-state index contributed by atoms with van der Waals surface area (Å²) in [7, 11) is 0. The Labute approximate surface area is 118 Å². The number of furan rings is 1. The highest BCUT2D eigenvalue weighted by molar-refractivity contribution is 5.99. The lowest BCUT2D eigenvalue weighted by Gasteiger charge is -1.94. The number of fused-ring (bicyclic) bond motifs is 7. The molecular formula is C15H11N4O+. The molecule has 96 valence electrons. The fraction of sp³-hybridized carbons (Fsp3) is 0.133. The maximum atomic E-state index is 8.00. The predicted molar refractivity (Wildman–Crippen MR) is 73.0 cm³/mol. The fourth-order valence-electron chi connectivity index (χ4n) is 2.98. The average molecular weight is 266 g/mol. The minimum Gasteiger partial charge on any atom is -0.400 e. The number of aromatic nitrogens is 4. The molecule has 0 radical (unpaired) electrons. The van der Waals surface area contributed by atoms with Gasteiger partial charge in [-0.05, 0) is 18.2 Å². The van der Waals surface area contributed by atoms with Crippen LogP contribution in [0.1, 0.15) is 9.68 Å². The van der Waals surface area contributed by atoms with Crippen LogP contribution in [0.15, 0.2) is 41.2 Å². The van der Waals surface area contributed by atoms with Gasteiger partial charge >= 0.3 is 5.71 Å². The summed E-state index contributed by atoms with van der Waals surface area (Å²) in [5.41, 5.74) is 3.39. The van der Waals surface area contributed by atoms with E-state index in [4.69, 9.17) is 8.53 Å². The highest BCUT2D eigenvalue weighted by Gasteiger charge is 2.36. The van der Waals surface area contributed by atoms with Gasteiger partial charge in [-0.1, -0.05) is 0 Å². The lowest BCUT2D eigenvalue weighted by Crippen LogP contribution is -2.31. The summed E-state index contributed by atoms with van der Waals surface area (Å²) in [5.74, 6) is 0.627. The molecule has 0 unspecified atom stereocenters. The van der Waals surface area contributed by atoms with Gasteiger partial charge in [0.25, 0.3) is 5.82 Å². The van der Waals surface area contributed by atoms with Gasteiger partial charge in [-0.2, -0.15) is 4.57 Å². The smallest absolute Gasteiger partial charge is 0.341 e. The molecule has 0 N–H and O–H groups in total. The third-order valence-corrected chi connectivity index (χ3v) is 3.83.